The molecule has 1 N–H and O–H groups in total. The summed E-state index contributed by atoms with van der Waals surface area (Å²) in [5.74, 6) is -0.423. The van der Waals surface area contributed by atoms with Crippen LogP contribution in [0.2, 0.25) is 0 Å². The van der Waals surface area contributed by atoms with Gasteiger partial charge in [0.1, 0.15) is 6.54 Å². The number of rotatable bonds is 4. The van der Waals surface area contributed by atoms with Crippen molar-refractivity contribution < 1.29 is 4.79 Å². The van der Waals surface area contributed by atoms with Crippen LogP contribution in [-0.2, 0) is 25.4 Å². The zero-order valence-electron chi connectivity index (χ0n) is 14.5. The minimum Gasteiger partial charge on any atom is -0.315 e. The van der Waals surface area contributed by atoms with E-state index in [4.69, 9.17) is 0 Å². The summed E-state index contributed by atoms with van der Waals surface area (Å²) >= 11 is 0. The second kappa shape index (κ2) is 6.75. The van der Waals surface area contributed by atoms with Crippen molar-refractivity contribution in [2.45, 2.75) is 13.5 Å². The average Bonchev–Trinajstić information content (AvgIpc) is 3.07. The summed E-state index contributed by atoms with van der Waals surface area (Å²) in [5.41, 5.74) is 3.32. The number of imidazole rings is 1. The quantitative estimate of drug-likeness (QED) is 0.494. The molecule has 3 aromatic rings. The lowest BCUT2D eigenvalue weighted by atomic mass is 10.2. The zero-order valence-corrected chi connectivity index (χ0v) is 14.5. The minimum atomic E-state index is -0.509. The smallest absolute Gasteiger partial charge is 0.315 e. The van der Waals surface area contributed by atoms with Crippen molar-refractivity contribution in [1.29, 1.82) is 0 Å². The highest BCUT2D eigenvalue weighted by atomic mass is 16.2. The lowest BCUT2D eigenvalue weighted by Gasteiger charge is -2.06. The summed E-state index contributed by atoms with van der Waals surface area (Å²) in [6.07, 6.45) is 4.62. The van der Waals surface area contributed by atoms with Crippen LogP contribution in [0.15, 0.2) is 45.5 Å². The summed E-state index contributed by atoms with van der Waals surface area (Å²) in [6, 6.07) is 3.55. The fourth-order valence-electron chi connectivity index (χ4n) is 2.51. The summed E-state index contributed by atoms with van der Waals surface area (Å²) in [4.78, 5) is 44.4. The summed E-state index contributed by atoms with van der Waals surface area (Å²) in [6.45, 7) is 1.60. The number of carbonyl (C=O) groups excluding carboxylic acids is 1. The fraction of sp³-hybridized carbons (Fsp3) is 0.250. The molecule has 26 heavy (non-hydrogen) atoms. The van der Waals surface area contributed by atoms with Crippen molar-refractivity contribution in [1.82, 2.24) is 29.1 Å². The maximum absolute atomic E-state index is 12.3. The molecule has 0 radical (unpaired) electrons. The van der Waals surface area contributed by atoms with E-state index in [9.17, 15) is 14.4 Å². The molecule has 0 aromatic carbocycles. The van der Waals surface area contributed by atoms with Gasteiger partial charge in [0.15, 0.2) is 11.2 Å². The van der Waals surface area contributed by atoms with Crippen LogP contribution in [0, 0.1) is 0 Å². The number of hydrogen-bond donors (Lipinski definition) is 1. The number of hydrogen-bond acceptors (Lipinski definition) is 6. The van der Waals surface area contributed by atoms with E-state index in [0.29, 0.717) is 5.71 Å². The van der Waals surface area contributed by atoms with Crippen LogP contribution in [0.1, 0.15) is 12.5 Å². The third-order valence-corrected chi connectivity index (χ3v) is 3.98. The van der Waals surface area contributed by atoms with Crippen molar-refractivity contribution in [2.75, 3.05) is 0 Å². The van der Waals surface area contributed by atoms with Gasteiger partial charge in [-0.2, -0.15) is 5.10 Å². The number of aromatic nitrogens is 5. The molecule has 0 saturated heterocycles. The molecule has 0 aliphatic rings. The maximum atomic E-state index is 12.3. The van der Waals surface area contributed by atoms with Gasteiger partial charge in [0, 0.05) is 32.1 Å². The topological polar surface area (TPSA) is 116 Å². The average molecular weight is 355 g/mol. The van der Waals surface area contributed by atoms with E-state index >= 15 is 0 Å². The highest BCUT2D eigenvalue weighted by Gasteiger charge is 2.15. The Labute approximate surface area is 147 Å². The van der Waals surface area contributed by atoms with Crippen molar-refractivity contribution >= 4 is 22.8 Å². The highest BCUT2D eigenvalue weighted by molar-refractivity contribution is 5.99. The van der Waals surface area contributed by atoms with Crippen LogP contribution in [0.5, 0.6) is 0 Å². The van der Waals surface area contributed by atoms with Crippen LogP contribution >= 0.6 is 0 Å². The van der Waals surface area contributed by atoms with E-state index in [-0.39, 0.29) is 17.7 Å². The van der Waals surface area contributed by atoms with Crippen molar-refractivity contribution in [3.8, 4) is 0 Å². The normalized spacial score (nSPS) is 11.7. The molecule has 0 spiro atoms. The minimum absolute atomic E-state index is 0.156. The maximum Gasteiger partial charge on any atom is 0.332 e. The molecule has 10 heteroatoms. The van der Waals surface area contributed by atoms with Crippen LogP contribution in [0.4, 0.5) is 0 Å². The van der Waals surface area contributed by atoms with Gasteiger partial charge in [0.25, 0.3) is 11.5 Å². The van der Waals surface area contributed by atoms with E-state index in [0.717, 1.165) is 10.1 Å². The fourth-order valence-corrected chi connectivity index (χ4v) is 2.51. The summed E-state index contributed by atoms with van der Waals surface area (Å²) in [7, 11) is 2.90. The van der Waals surface area contributed by atoms with Gasteiger partial charge in [0.2, 0.25) is 0 Å². The number of carbonyl (C=O) groups is 1. The van der Waals surface area contributed by atoms with E-state index in [1.165, 1.54) is 29.6 Å². The van der Waals surface area contributed by atoms with Crippen LogP contribution < -0.4 is 16.7 Å². The largest absolute Gasteiger partial charge is 0.332 e. The lowest BCUT2D eigenvalue weighted by Crippen LogP contribution is -2.38. The number of nitrogens with zero attached hydrogens (tertiary/aromatic N) is 6. The zero-order chi connectivity index (χ0) is 18.8. The number of fused-ring (bicyclic) bond motifs is 1. The van der Waals surface area contributed by atoms with Gasteiger partial charge in [-0.1, -0.05) is 0 Å². The molecule has 134 valence electrons. The Morgan fingerprint density at radius 2 is 1.88 bits per heavy atom. The molecule has 0 fully saturated rings. The molecular weight excluding hydrogens is 338 g/mol. The van der Waals surface area contributed by atoms with Gasteiger partial charge in [-0.3, -0.25) is 23.7 Å². The van der Waals surface area contributed by atoms with Gasteiger partial charge < -0.3 is 4.57 Å². The number of aryl methyl sites for hydroxylation is 1. The third kappa shape index (κ3) is 3.04. The summed E-state index contributed by atoms with van der Waals surface area (Å²) < 4.78 is 3.63. The number of pyridine rings is 1. The van der Waals surface area contributed by atoms with Gasteiger partial charge in [-0.25, -0.2) is 15.2 Å². The number of hydrazone groups is 1. The molecule has 1 amide bonds. The van der Waals surface area contributed by atoms with E-state index in [1.54, 1.807) is 31.5 Å². The Morgan fingerprint density at radius 3 is 2.58 bits per heavy atom. The third-order valence-electron chi connectivity index (χ3n) is 3.98. The molecule has 0 aliphatic heterocycles. The number of amides is 1. The molecule has 3 heterocycles. The molecule has 0 saturated carbocycles. The molecule has 3 aromatic heterocycles. The monoisotopic (exact) mass is 355 g/mol. The first kappa shape index (κ1) is 17.3. The second-order valence-corrected chi connectivity index (χ2v) is 5.72. The highest BCUT2D eigenvalue weighted by Crippen LogP contribution is 2.05. The standard InChI is InChI=1S/C16H17N7O3/c1-10(11-4-6-17-7-5-11)19-20-12(24)8-23-9-18-14-13(23)15(25)22(3)16(26)21(14)2/h4-7,9H,8H2,1-3H3,(H,20,24)/b19-10+. The predicted octanol–water partition coefficient (Wildman–Crippen LogP) is -0.631. The number of nitrogens with one attached hydrogen (secondary N) is 1. The Kier molecular flexibility index (Phi) is 4.48. The molecule has 0 atom stereocenters. The van der Waals surface area contributed by atoms with Crippen LogP contribution in [0.25, 0.3) is 11.2 Å². The van der Waals surface area contributed by atoms with Gasteiger partial charge in [-0.15, -0.1) is 0 Å². The van der Waals surface area contributed by atoms with E-state index in [1.807, 2.05) is 0 Å². The first-order chi connectivity index (χ1) is 12.4. The van der Waals surface area contributed by atoms with Gasteiger partial charge >= 0.3 is 5.69 Å². The molecule has 3 rings (SSSR count). The SMILES string of the molecule is C/C(=N\NC(=O)Cn1cnc2c1c(=O)n(C)c(=O)n2C)c1ccncc1. The molecule has 0 aliphatic carbocycles. The molecule has 10 nitrogen and oxygen atoms in total. The molecule has 0 bridgehead atoms. The predicted molar refractivity (Wildman–Crippen MR) is 94.8 cm³/mol. The molecular formula is C16H17N7O3. The van der Waals surface area contributed by atoms with Crippen molar-refractivity contribution in [3.63, 3.8) is 0 Å². The van der Waals surface area contributed by atoms with E-state index < -0.39 is 17.2 Å². The van der Waals surface area contributed by atoms with Crippen LogP contribution in [0.3, 0.4) is 0 Å². The first-order valence-corrected chi connectivity index (χ1v) is 7.74. The van der Waals surface area contributed by atoms with Gasteiger partial charge in [-0.05, 0) is 19.1 Å². The Bertz CT molecular complexity index is 1120. The van der Waals surface area contributed by atoms with Crippen LogP contribution in [-0.4, -0.2) is 35.3 Å². The molecule has 0 unspecified atom stereocenters. The van der Waals surface area contributed by atoms with Gasteiger partial charge in [0.05, 0.1) is 12.0 Å². The Balaban J connectivity index is 1.85. The van der Waals surface area contributed by atoms with E-state index in [2.05, 4.69) is 20.5 Å². The first-order valence-electron chi connectivity index (χ1n) is 7.74. The summed E-state index contributed by atoms with van der Waals surface area (Å²) in [5, 5.41) is 4.04. The van der Waals surface area contributed by atoms with Crippen molar-refractivity contribution in [3.05, 3.63) is 57.3 Å². The Morgan fingerprint density at radius 1 is 1.19 bits per heavy atom. The van der Waals surface area contributed by atoms with Crippen molar-refractivity contribution in [2.24, 2.45) is 19.2 Å². The second-order valence-electron chi connectivity index (χ2n) is 5.72. The lowest BCUT2D eigenvalue weighted by molar-refractivity contribution is -0.121. The Hall–Kier alpha value is -3.56.